The molecule has 1 aromatic carbocycles. The van der Waals surface area contributed by atoms with E-state index >= 15 is 0 Å². The molecule has 0 radical (unpaired) electrons. The van der Waals surface area contributed by atoms with Gasteiger partial charge in [0.1, 0.15) is 0 Å². The minimum atomic E-state index is -3.71. The number of carbonyl (C=O) groups is 1. The molecule has 0 spiro atoms. The largest absolute Gasteiger partial charge is 0.352 e. The van der Waals surface area contributed by atoms with Gasteiger partial charge in [-0.25, -0.2) is 13.1 Å². The van der Waals surface area contributed by atoms with Crippen LogP contribution in [0.4, 0.5) is 0 Å². The van der Waals surface area contributed by atoms with Crippen LogP contribution in [0.5, 0.6) is 0 Å². The van der Waals surface area contributed by atoms with Gasteiger partial charge in [-0.2, -0.15) is 4.98 Å². The highest BCUT2D eigenvalue weighted by Crippen LogP contribution is 2.20. The topological polar surface area (TPSA) is 114 Å². The summed E-state index contributed by atoms with van der Waals surface area (Å²) in [6.07, 6.45) is 1.12. The lowest BCUT2D eigenvalue weighted by molar-refractivity contribution is 0.0953. The van der Waals surface area contributed by atoms with Crippen LogP contribution in [-0.4, -0.2) is 37.1 Å². The van der Waals surface area contributed by atoms with Gasteiger partial charge in [0.05, 0.1) is 15.5 Å². The van der Waals surface area contributed by atoms with Crippen molar-refractivity contribution in [2.45, 2.75) is 44.6 Å². The summed E-state index contributed by atoms with van der Waals surface area (Å²) >= 11 is 6.05. The molecule has 1 aromatic heterocycles. The lowest BCUT2D eigenvalue weighted by atomic mass is 10.2. The van der Waals surface area contributed by atoms with Crippen LogP contribution in [0.1, 0.15) is 42.3 Å². The van der Waals surface area contributed by atoms with Gasteiger partial charge in [0, 0.05) is 19.0 Å². The summed E-state index contributed by atoms with van der Waals surface area (Å²) in [5, 5.41) is 6.58. The summed E-state index contributed by atoms with van der Waals surface area (Å²) < 4.78 is 31.9. The predicted molar refractivity (Wildman–Crippen MR) is 96.6 cm³/mol. The Hall–Kier alpha value is -1.97. The molecule has 8 nitrogen and oxygen atoms in total. The van der Waals surface area contributed by atoms with Crippen molar-refractivity contribution in [3.63, 3.8) is 0 Å². The minimum absolute atomic E-state index is 0.0120. The molecule has 1 heterocycles. The third-order valence-corrected chi connectivity index (χ3v) is 5.29. The van der Waals surface area contributed by atoms with E-state index < -0.39 is 15.9 Å². The third-order valence-electron chi connectivity index (χ3n) is 3.31. The molecule has 0 atom stereocenters. The maximum Gasteiger partial charge on any atom is 0.252 e. The highest BCUT2D eigenvalue weighted by atomic mass is 35.5. The van der Waals surface area contributed by atoms with Crippen LogP contribution in [0, 0.1) is 6.92 Å². The van der Waals surface area contributed by atoms with Crippen LogP contribution in [-0.2, 0) is 16.4 Å². The fraction of sp³-hybridized carbons (Fsp3) is 0.438. The van der Waals surface area contributed by atoms with Gasteiger partial charge < -0.3 is 9.84 Å². The normalized spacial score (nSPS) is 11.7. The van der Waals surface area contributed by atoms with Crippen molar-refractivity contribution in [2.24, 2.45) is 0 Å². The molecule has 0 aliphatic carbocycles. The molecule has 0 saturated heterocycles. The zero-order valence-corrected chi connectivity index (χ0v) is 16.3. The average molecular weight is 401 g/mol. The van der Waals surface area contributed by atoms with Gasteiger partial charge in [0.15, 0.2) is 5.82 Å². The van der Waals surface area contributed by atoms with Crippen LogP contribution >= 0.6 is 11.6 Å². The number of hydrogen-bond acceptors (Lipinski definition) is 6. The molecule has 10 heteroatoms. The van der Waals surface area contributed by atoms with E-state index in [9.17, 15) is 13.2 Å². The first-order valence-corrected chi connectivity index (χ1v) is 9.94. The molecule has 0 unspecified atom stereocenters. The Labute approximate surface area is 157 Å². The Morgan fingerprint density at radius 2 is 2.08 bits per heavy atom. The van der Waals surface area contributed by atoms with E-state index in [0.29, 0.717) is 31.1 Å². The van der Waals surface area contributed by atoms with Crippen LogP contribution < -0.4 is 10.0 Å². The number of carbonyl (C=O) groups excluding carboxylic acids is 1. The summed E-state index contributed by atoms with van der Waals surface area (Å²) in [7, 11) is -3.71. The first-order valence-electron chi connectivity index (χ1n) is 8.08. The average Bonchev–Trinajstić information content (AvgIpc) is 2.95. The number of nitrogens with one attached hydrogen (secondary N) is 2. The summed E-state index contributed by atoms with van der Waals surface area (Å²) in [6.45, 7) is 5.52. The fourth-order valence-electron chi connectivity index (χ4n) is 2.20. The monoisotopic (exact) mass is 400 g/mol. The van der Waals surface area contributed by atoms with E-state index in [-0.39, 0.29) is 21.5 Å². The van der Waals surface area contributed by atoms with Crippen molar-refractivity contribution >= 4 is 27.5 Å². The summed E-state index contributed by atoms with van der Waals surface area (Å²) in [5.41, 5.74) is 0.104. The third kappa shape index (κ3) is 5.52. The fourth-order valence-corrected chi connectivity index (χ4v) is 3.68. The maximum atomic E-state index is 12.3. The Morgan fingerprint density at radius 1 is 1.35 bits per heavy atom. The van der Waals surface area contributed by atoms with Gasteiger partial charge in [-0.05, 0) is 45.4 Å². The molecule has 0 saturated carbocycles. The summed E-state index contributed by atoms with van der Waals surface area (Å²) in [6, 6.07) is 3.76. The second-order valence-electron chi connectivity index (χ2n) is 6.01. The van der Waals surface area contributed by atoms with Crippen molar-refractivity contribution in [2.75, 3.05) is 6.54 Å². The van der Waals surface area contributed by atoms with Crippen molar-refractivity contribution < 1.29 is 17.7 Å². The molecule has 0 bridgehead atoms. The van der Waals surface area contributed by atoms with Crippen molar-refractivity contribution in [3.8, 4) is 0 Å². The van der Waals surface area contributed by atoms with Gasteiger partial charge >= 0.3 is 0 Å². The second kappa shape index (κ2) is 8.61. The van der Waals surface area contributed by atoms with E-state index in [1.807, 2.05) is 0 Å². The molecule has 26 heavy (non-hydrogen) atoms. The van der Waals surface area contributed by atoms with Crippen molar-refractivity contribution in [1.82, 2.24) is 20.2 Å². The summed E-state index contributed by atoms with van der Waals surface area (Å²) in [5.74, 6) is 0.616. The molecule has 1 amide bonds. The first-order chi connectivity index (χ1) is 12.2. The lowest BCUT2D eigenvalue weighted by Gasteiger charge is -2.12. The molecular formula is C16H21ClN4O4S. The van der Waals surface area contributed by atoms with E-state index in [4.69, 9.17) is 16.1 Å². The number of aromatic nitrogens is 2. The van der Waals surface area contributed by atoms with E-state index in [1.165, 1.54) is 18.2 Å². The van der Waals surface area contributed by atoms with Crippen LogP contribution in [0.3, 0.4) is 0 Å². The maximum absolute atomic E-state index is 12.3. The molecular weight excluding hydrogens is 380 g/mol. The highest BCUT2D eigenvalue weighted by Gasteiger charge is 2.19. The van der Waals surface area contributed by atoms with E-state index in [1.54, 1.807) is 20.8 Å². The number of amides is 1. The number of aryl methyl sites for hydroxylation is 2. The van der Waals surface area contributed by atoms with Gasteiger partial charge in [-0.3, -0.25) is 4.79 Å². The standard InChI is InChI=1S/C16H21ClN4O4S/c1-10(2)21-26(23,24)12-6-7-14(17)13(9-12)16(22)18-8-4-5-15-19-11(3)20-25-15/h6-7,9-10,21H,4-5,8H2,1-3H3,(H,18,22). The predicted octanol–water partition coefficient (Wildman–Crippen LogP) is 2.08. The van der Waals surface area contributed by atoms with Gasteiger partial charge in [-0.15, -0.1) is 0 Å². The second-order valence-corrected chi connectivity index (χ2v) is 8.13. The Balaban J connectivity index is 2.00. The van der Waals surface area contributed by atoms with E-state index in [2.05, 4.69) is 20.2 Å². The molecule has 0 fully saturated rings. The molecule has 2 aromatic rings. The van der Waals surface area contributed by atoms with Crippen LogP contribution in [0.15, 0.2) is 27.6 Å². The molecule has 0 aliphatic heterocycles. The zero-order valence-electron chi connectivity index (χ0n) is 14.7. The number of sulfonamides is 1. The number of benzene rings is 1. The Kier molecular flexibility index (Phi) is 6.74. The van der Waals surface area contributed by atoms with Crippen molar-refractivity contribution in [3.05, 3.63) is 40.5 Å². The quantitative estimate of drug-likeness (QED) is 0.655. The summed E-state index contributed by atoms with van der Waals surface area (Å²) in [4.78, 5) is 16.4. The van der Waals surface area contributed by atoms with E-state index in [0.717, 1.165) is 0 Å². The Morgan fingerprint density at radius 3 is 2.69 bits per heavy atom. The first kappa shape index (κ1) is 20.3. The van der Waals surface area contributed by atoms with Crippen LogP contribution in [0.2, 0.25) is 5.02 Å². The highest BCUT2D eigenvalue weighted by molar-refractivity contribution is 7.89. The number of halogens is 1. The molecule has 2 rings (SSSR count). The van der Waals surface area contributed by atoms with Gasteiger partial charge in [0.2, 0.25) is 15.9 Å². The molecule has 2 N–H and O–H groups in total. The van der Waals surface area contributed by atoms with Crippen molar-refractivity contribution in [1.29, 1.82) is 0 Å². The smallest absolute Gasteiger partial charge is 0.252 e. The minimum Gasteiger partial charge on any atom is -0.352 e. The SMILES string of the molecule is Cc1noc(CCCNC(=O)c2cc(S(=O)(=O)NC(C)C)ccc2Cl)n1. The molecule has 142 valence electrons. The van der Waals surface area contributed by atoms with Gasteiger partial charge in [0.25, 0.3) is 5.91 Å². The zero-order chi connectivity index (χ0) is 19.3. The van der Waals surface area contributed by atoms with Crippen LogP contribution in [0.25, 0.3) is 0 Å². The Bertz CT molecular complexity index is 880. The lowest BCUT2D eigenvalue weighted by Crippen LogP contribution is -2.31. The van der Waals surface area contributed by atoms with Gasteiger partial charge in [-0.1, -0.05) is 16.8 Å². The molecule has 0 aliphatic rings. The number of nitrogens with zero attached hydrogens (tertiary/aromatic N) is 2. The number of rotatable bonds is 8. The number of hydrogen-bond donors (Lipinski definition) is 2.